The van der Waals surface area contributed by atoms with Gasteiger partial charge in [-0.2, -0.15) is 0 Å². The van der Waals surface area contributed by atoms with Crippen molar-refractivity contribution < 1.29 is 4.92 Å². The Morgan fingerprint density at radius 2 is 2.33 bits per heavy atom. The van der Waals surface area contributed by atoms with E-state index in [1.54, 1.807) is 12.4 Å². The Labute approximate surface area is 108 Å². The van der Waals surface area contributed by atoms with Gasteiger partial charge in [-0.15, -0.1) is 0 Å². The molecule has 0 saturated carbocycles. The molecule has 1 heterocycles. The number of aromatic nitrogens is 2. The number of nitrogens with zero attached hydrogens (tertiary/aromatic N) is 2. The highest BCUT2D eigenvalue weighted by atomic mass is 35.5. The first-order valence-corrected chi connectivity index (χ1v) is 5.62. The van der Waals surface area contributed by atoms with Crippen molar-refractivity contribution >= 4 is 23.0 Å². The molecule has 1 aromatic carbocycles. The molecule has 0 bridgehead atoms. The number of aromatic amines is 1. The van der Waals surface area contributed by atoms with Gasteiger partial charge in [0.2, 0.25) is 0 Å². The molecule has 2 rings (SSSR count). The fourth-order valence-corrected chi connectivity index (χ4v) is 1.70. The quantitative estimate of drug-likeness (QED) is 0.658. The van der Waals surface area contributed by atoms with Gasteiger partial charge in [0.1, 0.15) is 5.02 Å². The van der Waals surface area contributed by atoms with E-state index in [1.165, 1.54) is 12.1 Å². The monoisotopic (exact) mass is 266 g/mol. The summed E-state index contributed by atoms with van der Waals surface area (Å²) in [6, 6.07) is 4.60. The number of benzene rings is 1. The lowest BCUT2D eigenvalue weighted by Gasteiger charge is -2.05. The lowest BCUT2D eigenvalue weighted by molar-refractivity contribution is -0.384. The highest BCUT2D eigenvalue weighted by Gasteiger charge is 2.12. The number of nitro benzene ring substituents is 1. The van der Waals surface area contributed by atoms with Gasteiger partial charge in [0.15, 0.2) is 0 Å². The van der Waals surface area contributed by atoms with E-state index in [1.807, 2.05) is 6.92 Å². The minimum atomic E-state index is -0.507. The summed E-state index contributed by atoms with van der Waals surface area (Å²) in [6.07, 6.45) is 1.61. The molecule has 0 aliphatic carbocycles. The van der Waals surface area contributed by atoms with Crippen molar-refractivity contribution in [2.24, 2.45) is 0 Å². The van der Waals surface area contributed by atoms with Crippen LogP contribution in [-0.2, 0) is 6.54 Å². The molecular weight excluding hydrogens is 256 g/mol. The Balaban J connectivity index is 2.13. The Morgan fingerprint density at radius 1 is 1.56 bits per heavy atom. The molecule has 94 valence electrons. The summed E-state index contributed by atoms with van der Waals surface area (Å²) in [5.74, 6) is 0. The predicted octanol–water partition coefficient (Wildman–Crippen LogP) is 2.89. The lowest BCUT2D eigenvalue weighted by atomic mass is 10.2. The molecule has 0 spiro atoms. The fourth-order valence-electron chi connectivity index (χ4n) is 1.51. The van der Waals surface area contributed by atoms with E-state index in [2.05, 4.69) is 15.3 Å². The standard InChI is InChI=1S/C11H11ClN4O2/c1-7-10(15-6-14-7)5-13-8-2-3-9(12)11(4-8)16(17)18/h2-4,6,13H,5H2,1H3,(H,14,15). The van der Waals surface area contributed by atoms with Gasteiger partial charge in [-0.3, -0.25) is 10.1 Å². The number of nitro groups is 1. The Bertz CT molecular complexity index is 582. The average Bonchev–Trinajstić information content (AvgIpc) is 2.73. The normalized spacial score (nSPS) is 10.3. The number of hydrogen-bond donors (Lipinski definition) is 2. The Morgan fingerprint density at radius 3 is 2.94 bits per heavy atom. The average molecular weight is 267 g/mol. The molecule has 0 unspecified atom stereocenters. The molecule has 1 aromatic heterocycles. The van der Waals surface area contributed by atoms with Gasteiger partial charge in [-0.05, 0) is 19.1 Å². The lowest BCUT2D eigenvalue weighted by Crippen LogP contribution is -2.02. The first-order valence-electron chi connectivity index (χ1n) is 5.24. The molecule has 0 atom stereocenters. The number of anilines is 1. The van der Waals surface area contributed by atoms with Crippen molar-refractivity contribution in [1.82, 2.24) is 9.97 Å². The fraction of sp³-hybridized carbons (Fsp3) is 0.182. The van der Waals surface area contributed by atoms with Gasteiger partial charge < -0.3 is 10.3 Å². The maximum absolute atomic E-state index is 10.7. The molecular formula is C11H11ClN4O2. The summed E-state index contributed by atoms with van der Waals surface area (Å²) >= 11 is 5.73. The van der Waals surface area contributed by atoms with Crippen molar-refractivity contribution in [3.05, 3.63) is 51.1 Å². The van der Waals surface area contributed by atoms with Crippen molar-refractivity contribution in [2.75, 3.05) is 5.32 Å². The van der Waals surface area contributed by atoms with Gasteiger partial charge in [-0.25, -0.2) is 4.98 Å². The molecule has 18 heavy (non-hydrogen) atoms. The molecule has 0 aliphatic rings. The van der Waals surface area contributed by atoms with Gasteiger partial charge in [0, 0.05) is 17.4 Å². The number of H-pyrrole nitrogens is 1. The maximum atomic E-state index is 10.7. The summed E-state index contributed by atoms with van der Waals surface area (Å²) in [6.45, 7) is 2.41. The zero-order valence-electron chi connectivity index (χ0n) is 9.61. The van der Waals surface area contributed by atoms with Crippen molar-refractivity contribution in [1.29, 1.82) is 0 Å². The third-order valence-electron chi connectivity index (χ3n) is 2.54. The van der Waals surface area contributed by atoms with E-state index in [-0.39, 0.29) is 10.7 Å². The molecule has 7 heteroatoms. The van der Waals surface area contributed by atoms with Crippen LogP contribution in [0.4, 0.5) is 11.4 Å². The van der Waals surface area contributed by atoms with Crippen molar-refractivity contribution in [3.8, 4) is 0 Å². The van der Waals surface area contributed by atoms with Crippen LogP contribution >= 0.6 is 11.6 Å². The van der Waals surface area contributed by atoms with Gasteiger partial charge in [0.05, 0.1) is 23.5 Å². The molecule has 0 radical (unpaired) electrons. The van der Waals surface area contributed by atoms with Crippen LogP contribution in [0.15, 0.2) is 24.5 Å². The summed E-state index contributed by atoms with van der Waals surface area (Å²) in [5, 5.41) is 13.9. The topological polar surface area (TPSA) is 83.8 Å². The van der Waals surface area contributed by atoms with Crippen LogP contribution in [-0.4, -0.2) is 14.9 Å². The summed E-state index contributed by atoms with van der Waals surface area (Å²) in [4.78, 5) is 17.3. The van der Waals surface area contributed by atoms with Gasteiger partial charge in [0.25, 0.3) is 5.69 Å². The van der Waals surface area contributed by atoms with Crippen LogP contribution in [0.2, 0.25) is 5.02 Å². The Kier molecular flexibility index (Phi) is 3.47. The minimum Gasteiger partial charge on any atom is -0.379 e. The first kappa shape index (κ1) is 12.4. The number of nitrogens with one attached hydrogen (secondary N) is 2. The van der Waals surface area contributed by atoms with E-state index >= 15 is 0 Å². The second-order valence-corrected chi connectivity index (χ2v) is 4.16. The van der Waals surface area contributed by atoms with Gasteiger partial charge in [-0.1, -0.05) is 11.6 Å². The van der Waals surface area contributed by atoms with Crippen LogP contribution in [0, 0.1) is 17.0 Å². The van der Waals surface area contributed by atoms with Gasteiger partial charge >= 0.3 is 0 Å². The minimum absolute atomic E-state index is 0.111. The largest absolute Gasteiger partial charge is 0.379 e. The SMILES string of the molecule is Cc1[nH]cnc1CNc1ccc(Cl)c([N+](=O)[O-])c1. The smallest absolute Gasteiger partial charge is 0.289 e. The molecule has 6 nitrogen and oxygen atoms in total. The van der Waals surface area contributed by atoms with Crippen molar-refractivity contribution in [2.45, 2.75) is 13.5 Å². The first-order chi connectivity index (χ1) is 8.58. The zero-order chi connectivity index (χ0) is 13.1. The highest BCUT2D eigenvalue weighted by molar-refractivity contribution is 6.32. The Hall–Kier alpha value is -2.08. The van der Waals surface area contributed by atoms with Crippen molar-refractivity contribution in [3.63, 3.8) is 0 Å². The molecule has 0 aliphatic heterocycles. The highest BCUT2D eigenvalue weighted by Crippen LogP contribution is 2.27. The second-order valence-electron chi connectivity index (χ2n) is 3.75. The molecule has 2 aromatic rings. The maximum Gasteiger partial charge on any atom is 0.289 e. The third kappa shape index (κ3) is 2.60. The summed E-state index contributed by atoms with van der Waals surface area (Å²) < 4.78 is 0. The zero-order valence-corrected chi connectivity index (χ0v) is 10.4. The number of rotatable bonds is 4. The second kappa shape index (κ2) is 5.05. The number of imidazole rings is 1. The van der Waals surface area contributed by atoms with Crippen LogP contribution in [0.3, 0.4) is 0 Å². The van der Waals surface area contributed by atoms with E-state index in [0.29, 0.717) is 12.2 Å². The predicted molar refractivity (Wildman–Crippen MR) is 68.8 cm³/mol. The number of halogens is 1. The van der Waals surface area contributed by atoms with Crippen LogP contribution in [0.1, 0.15) is 11.4 Å². The number of aryl methyl sites for hydroxylation is 1. The van der Waals surface area contributed by atoms with E-state index in [9.17, 15) is 10.1 Å². The van der Waals surface area contributed by atoms with Crippen LogP contribution < -0.4 is 5.32 Å². The molecule has 0 amide bonds. The summed E-state index contributed by atoms with van der Waals surface area (Å²) in [5.41, 5.74) is 2.35. The summed E-state index contributed by atoms with van der Waals surface area (Å²) in [7, 11) is 0. The van der Waals surface area contributed by atoms with Crippen LogP contribution in [0.25, 0.3) is 0 Å². The van der Waals surface area contributed by atoms with E-state index in [0.717, 1.165) is 11.4 Å². The van der Waals surface area contributed by atoms with E-state index < -0.39 is 4.92 Å². The number of hydrogen-bond acceptors (Lipinski definition) is 4. The third-order valence-corrected chi connectivity index (χ3v) is 2.86. The molecule has 0 saturated heterocycles. The molecule has 2 N–H and O–H groups in total. The van der Waals surface area contributed by atoms with E-state index in [4.69, 9.17) is 11.6 Å². The van der Waals surface area contributed by atoms with Crippen LogP contribution in [0.5, 0.6) is 0 Å². The molecule has 0 fully saturated rings.